The van der Waals surface area contributed by atoms with Gasteiger partial charge in [0.05, 0.1) is 16.7 Å². The molecule has 0 unspecified atom stereocenters. The molecule has 0 radical (unpaired) electrons. The van der Waals surface area contributed by atoms with Crippen LogP contribution in [0.15, 0.2) is 267 Å². The Balaban J connectivity index is 0.946. The Morgan fingerprint density at radius 1 is 0.227 bits per heavy atom. The van der Waals surface area contributed by atoms with E-state index in [2.05, 4.69) is 276 Å². The van der Waals surface area contributed by atoms with Gasteiger partial charge in [0.1, 0.15) is 0 Å². The van der Waals surface area contributed by atoms with Gasteiger partial charge < -0.3 is 9.47 Å². The van der Waals surface area contributed by atoms with Crippen LogP contribution < -0.4 is 4.90 Å². The smallest absolute Gasteiger partial charge is 0.0618 e. The third kappa shape index (κ3) is 7.02. The van der Waals surface area contributed by atoms with Crippen LogP contribution in [-0.4, -0.2) is 4.57 Å². The summed E-state index contributed by atoms with van der Waals surface area (Å²) in [7, 11) is 0. The van der Waals surface area contributed by atoms with E-state index in [0.29, 0.717) is 0 Å². The molecule has 2 nitrogen and oxygen atoms in total. The number of nitrogens with zero attached hydrogens (tertiary/aromatic N) is 2. The van der Waals surface area contributed by atoms with Crippen LogP contribution in [0.1, 0.15) is 0 Å². The van der Waals surface area contributed by atoms with Crippen molar-refractivity contribution in [1.82, 2.24) is 4.57 Å². The number of para-hydroxylation sites is 3. The van der Waals surface area contributed by atoms with E-state index < -0.39 is 0 Å². The van der Waals surface area contributed by atoms with Crippen molar-refractivity contribution in [3.63, 3.8) is 0 Å². The minimum absolute atomic E-state index is 1.08. The fraction of sp³-hybridized carbons (Fsp3) is 0. The van der Waals surface area contributed by atoms with Gasteiger partial charge in [0.25, 0.3) is 0 Å². The van der Waals surface area contributed by atoms with E-state index in [4.69, 9.17) is 0 Å². The van der Waals surface area contributed by atoms with Crippen molar-refractivity contribution in [3.8, 4) is 61.3 Å². The van der Waals surface area contributed by atoms with Crippen LogP contribution in [-0.2, 0) is 0 Å². The second-order valence-electron chi connectivity index (χ2n) is 16.9. The van der Waals surface area contributed by atoms with Gasteiger partial charge in [-0.3, -0.25) is 0 Å². The van der Waals surface area contributed by atoms with Gasteiger partial charge in [-0.2, -0.15) is 0 Å². The van der Waals surface area contributed by atoms with Crippen LogP contribution in [0.5, 0.6) is 0 Å². The molecule has 0 saturated carbocycles. The van der Waals surface area contributed by atoms with Crippen molar-refractivity contribution >= 4 is 49.6 Å². The molecule has 12 rings (SSSR count). The molecule has 0 aliphatic heterocycles. The predicted octanol–water partition coefficient (Wildman–Crippen LogP) is 17.7. The zero-order valence-corrected chi connectivity index (χ0v) is 36.3. The van der Waals surface area contributed by atoms with Crippen molar-refractivity contribution in [2.45, 2.75) is 0 Å². The number of hydrogen-bond acceptors (Lipinski definition) is 1. The Hall–Kier alpha value is -8.72. The Bertz CT molecular complexity index is 3590. The lowest BCUT2D eigenvalue weighted by Gasteiger charge is -2.26. The van der Waals surface area contributed by atoms with Crippen LogP contribution in [0.25, 0.3) is 93.9 Å². The first-order valence-corrected chi connectivity index (χ1v) is 22.7. The molecule has 12 aromatic rings. The van der Waals surface area contributed by atoms with Crippen LogP contribution >= 0.6 is 0 Å². The SMILES string of the molecule is c1ccc(-c2ccc(N(c3ccc(-c4ccc(-c5cccc6ccccc56)cc4)cc3)c3ccc(-c4cccc(-c5ccccc5)c4-n4c5ccccc5c5ccccc54)cc3)cc2)cc1. The van der Waals surface area contributed by atoms with Crippen molar-refractivity contribution < 1.29 is 0 Å². The Morgan fingerprint density at radius 2 is 0.561 bits per heavy atom. The summed E-state index contributed by atoms with van der Waals surface area (Å²) in [5, 5.41) is 5.02. The zero-order valence-electron chi connectivity index (χ0n) is 36.3. The number of anilines is 3. The molecule has 0 bridgehead atoms. The largest absolute Gasteiger partial charge is 0.311 e. The molecule has 0 amide bonds. The third-order valence-electron chi connectivity index (χ3n) is 13.0. The second kappa shape index (κ2) is 16.8. The average molecular weight is 841 g/mol. The highest BCUT2D eigenvalue weighted by molar-refractivity contribution is 6.10. The van der Waals surface area contributed by atoms with Crippen LogP contribution in [0.4, 0.5) is 17.1 Å². The second-order valence-corrected chi connectivity index (χ2v) is 16.9. The van der Waals surface area contributed by atoms with Gasteiger partial charge in [-0.1, -0.05) is 218 Å². The zero-order chi connectivity index (χ0) is 43.8. The number of benzene rings is 11. The molecule has 66 heavy (non-hydrogen) atoms. The molecule has 0 fully saturated rings. The molecule has 11 aromatic carbocycles. The Kier molecular flexibility index (Phi) is 9.89. The number of aromatic nitrogens is 1. The van der Waals surface area contributed by atoms with Crippen molar-refractivity contribution in [2.24, 2.45) is 0 Å². The summed E-state index contributed by atoms with van der Waals surface area (Å²) in [6, 6.07) is 96.8. The predicted molar refractivity (Wildman–Crippen MR) is 280 cm³/mol. The van der Waals surface area contributed by atoms with E-state index >= 15 is 0 Å². The minimum Gasteiger partial charge on any atom is -0.311 e. The quantitative estimate of drug-likeness (QED) is 0.141. The highest BCUT2D eigenvalue weighted by Gasteiger charge is 2.20. The van der Waals surface area contributed by atoms with Crippen LogP contribution in [0.3, 0.4) is 0 Å². The lowest BCUT2D eigenvalue weighted by molar-refractivity contribution is 1.18. The summed E-state index contributed by atoms with van der Waals surface area (Å²) in [6.45, 7) is 0. The highest BCUT2D eigenvalue weighted by Crippen LogP contribution is 2.43. The maximum Gasteiger partial charge on any atom is 0.0618 e. The summed E-state index contributed by atoms with van der Waals surface area (Å²) >= 11 is 0. The first kappa shape index (κ1) is 38.9. The summed E-state index contributed by atoms with van der Waals surface area (Å²) in [6.07, 6.45) is 0. The standard InChI is InChI=1S/C64H44N2/c1-3-15-45(16-4-1)47-33-39-53(40-34-47)65(54-41-35-48(36-42-54)46-29-31-51(32-30-46)57-24-13-20-49-19-7-8-21-56(49)57)55-43-37-52(38-44-55)59-26-14-25-58(50-17-5-2-6-18-50)64(59)66-62-27-11-9-22-60(62)61-23-10-12-28-63(61)66/h1-44H. The summed E-state index contributed by atoms with van der Waals surface area (Å²) in [4.78, 5) is 2.36. The van der Waals surface area contributed by atoms with Gasteiger partial charge in [0.15, 0.2) is 0 Å². The normalized spacial score (nSPS) is 11.3. The molecule has 1 heterocycles. The van der Waals surface area contributed by atoms with Gasteiger partial charge in [-0.05, 0) is 104 Å². The summed E-state index contributed by atoms with van der Waals surface area (Å²) in [5.41, 5.74) is 18.7. The lowest BCUT2D eigenvalue weighted by Crippen LogP contribution is -2.10. The molecule has 0 aliphatic carbocycles. The monoisotopic (exact) mass is 840 g/mol. The summed E-state index contributed by atoms with van der Waals surface area (Å²) < 4.78 is 2.47. The first-order chi connectivity index (χ1) is 32.7. The summed E-state index contributed by atoms with van der Waals surface area (Å²) in [5.74, 6) is 0. The van der Waals surface area contributed by atoms with Crippen molar-refractivity contribution in [3.05, 3.63) is 267 Å². The average Bonchev–Trinajstić information content (AvgIpc) is 3.73. The Labute approximate surface area is 385 Å². The van der Waals surface area contributed by atoms with E-state index in [9.17, 15) is 0 Å². The number of rotatable bonds is 9. The third-order valence-corrected chi connectivity index (χ3v) is 13.0. The van der Waals surface area contributed by atoms with E-state index in [1.807, 2.05) is 0 Å². The molecule has 0 spiro atoms. The maximum atomic E-state index is 2.47. The number of hydrogen-bond donors (Lipinski definition) is 0. The van der Waals surface area contributed by atoms with Gasteiger partial charge in [-0.15, -0.1) is 0 Å². The van der Waals surface area contributed by atoms with E-state index in [-0.39, 0.29) is 0 Å². The van der Waals surface area contributed by atoms with Gasteiger partial charge >= 0.3 is 0 Å². The molecule has 1 aromatic heterocycles. The molecular weight excluding hydrogens is 797 g/mol. The Morgan fingerprint density at radius 3 is 1.11 bits per heavy atom. The van der Waals surface area contributed by atoms with E-state index in [1.165, 1.54) is 88.3 Å². The molecule has 0 N–H and O–H groups in total. The molecule has 0 saturated heterocycles. The van der Waals surface area contributed by atoms with Crippen molar-refractivity contribution in [1.29, 1.82) is 0 Å². The van der Waals surface area contributed by atoms with E-state index in [1.54, 1.807) is 0 Å². The molecule has 2 heteroatoms. The van der Waals surface area contributed by atoms with Crippen molar-refractivity contribution in [2.75, 3.05) is 4.90 Å². The van der Waals surface area contributed by atoms with Gasteiger partial charge in [-0.25, -0.2) is 0 Å². The minimum atomic E-state index is 1.08. The van der Waals surface area contributed by atoms with Gasteiger partial charge in [0, 0.05) is 39.0 Å². The van der Waals surface area contributed by atoms with E-state index in [0.717, 1.165) is 22.6 Å². The highest BCUT2D eigenvalue weighted by atomic mass is 15.1. The maximum absolute atomic E-state index is 2.47. The van der Waals surface area contributed by atoms with Crippen LogP contribution in [0.2, 0.25) is 0 Å². The topological polar surface area (TPSA) is 8.17 Å². The lowest BCUT2D eigenvalue weighted by atomic mass is 9.95. The first-order valence-electron chi connectivity index (χ1n) is 22.7. The molecule has 310 valence electrons. The van der Waals surface area contributed by atoms with Gasteiger partial charge in [0.2, 0.25) is 0 Å². The molecular formula is C64H44N2. The van der Waals surface area contributed by atoms with Crippen LogP contribution in [0, 0.1) is 0 Å². The molecule has 0 atom stereocenters. The fourth-order valence-electron chi connectivity index (χ4n) is 9.82. The number of fused-ring (bicyclic) bond motifs is 4. The molecule has 0 aliphatic rings. The fourth-order valence-corrected chi connectivity index (χ4v) is 9.82.